The first kappa shape index (κ1) is 24.0. The Balaban J connectivity index is 0.00000289. The molecule has 0 saturated carbocycles. The second-order valence-electron chi connectivity index (χ2n) is 7.73. The Morgan fingerprint density at radius 2 is 1.81 bits per heavy atom. The Morgan fingerprint density at radius 1 is 1.06 bits per heavy atom. The van der Waals surface area contributed by atoms with Crippen molar-refractivity contribution in [1.82, 2.24) is 19.8 Å². The highest BCUT2D eigenvalue weighted by molar-refractivity contribution is 14.0. The Kier molecular flexibility index (Phi) is 9.34. The Labute approximate surface area is 208 Å². The standard InChI is InChI=1S/C26H31N5.HI/c1-2-27-26(30-18-14-24(15-19-30)23-11-7-4-8-12-23)29-16-13-25-28-17-20-31(25)21-22-9-5-3-6-10-22;/h3-12,14,17,20H,2,13,15-16,18-19,21H2,1H3,(H,27,29);1H. The molecule has 2 aromatic carbocycles. The molecule has 1 aromatic heterocycles. The molecule has 0 radical (unpaired) electrons. The summed E-state index contributed by atoms with van der Waals surface area (Å²) in [5.41, 5.74) is 4.04. The number of aromatic nitrogens is 2. The Bertz CT molecular complexity index is 1010. The number of guanidine groups is 1. The van der Waals surface area contributed by atoms with Crippen LogP contribution in [0.3, 0.4) is 0 Å². The predicted molar refractivity (Wildman–Crippen MR) is 143 cm³/mol. The molecule has 0 unspecified atom stereocenters. The zero-order chi connectivity index (χ0) is 21.3. The zero-order valence-corrected chi connectivity index (χ0v) is 21.0. The van der Waals surface area contributed by atoms with Gasteiger partial charge in [0.1, 0.15) is 5.82 Å². The van der Waals surface area contributed by atoms with Crippen molar-refractivity contribution < 1.29 is 0 Å². The van der Waals surface area contributed by atoms with Crippen LogP contribution in [-0.2, 0) is 13.0 Å². The maximum atomic E-state index is 4.91. The molecular weight excluding hydrogens is 509 g/mol. The van der Waals surface area contributed by atoms with E-state index < -0.39 is 0 Å². The predicted octanol–water partition coefficient (Wildman–Crippen LogP) is 4.85. The van der Waals surface area contributed by atoms with E-state index in [4.69, 9.17) is 4.99 Å². The van der Waals surface area contributed by atoms with Crippen LogP contribution < -0.4 is 5.32 Å². The van der Waals surface area contributed by atoms with E-state index in [2.05, 4.69) is 93.6 Å². The molecule has 1 aliphatic rings. The van der Waals surface area contributed by atoms with Gasteiger partial charge in [-0.2, -0.15) is 0 Å². The van der Waals surface area contributed by atoms with Crippen LogP contribution in [0.1, 0.15) is 30.3 Å². The first-order valence-electron chi connectivity index (χ1n) is 11.1. The lowest BCUT2D eigenvalue weighted by molar-refractivity contribution is 0.440. The number of imidazole rings is 1. The molecule has 3 aromatic rings. The van der Waals surface area contributed by atoms with Gasteiger partial charge in [0.25, 0.3) is 0 Å². The van der Waals surface area contributed by atoms with Gasteiger partial charge in [0.15, 0.2) is 5.96 Å². The molecule has 0 amide bonds. The minimum absolute atomic E-state index is 0. The number of nitrogens with one attached hydrogen (secondary N) is 1. The molecule has 0 atom stereocenters. The van der Waals surface area contributed by atoms with Crippen LogP contribution >= 0.6 is 24.0 Å². The van der Waals surface area contributed by atoms with Crippen molar-refractivity contribution in [3.05, 3.63) is 96.1 Å². The fraction of sp³-hybridized carbons (Fsp3) is 0.308. The van der Waals surface area contributed by atoms with E-state index >= 15 is 0 Å². The normalized spacial score (nSPS) is 14.0. The van der Waals surface area contributed by atoms with Crippen LogP contribution in [0, 0.1) is 0 Å². The number of hydrogen-bond acceptors (Lipinski definition) is 2. The molecule has 32 heavy (non-hydrogen) atoms. The van der Waals surface area contributed by atoms with E-state index in [-0.39, 0.29) is 24.0 Å². The van der Waals surface area contributed by atoms with Crippen molar-refractivity contribution in [1.29, 1.82) is 0 Å². The summed E-state index contributed by atoms with van der Waals surface area (Å²) in [6.07, 6.45) is 8.13. The summed E-state index contributed by atoms with van der Waals surface area (Å²) in [4.78, 5) is 11.8. The van der Waals surface area contributed by atoms with Gasteiger partial charge in [0.05, 0.1) is 0 Å². The van der Waals surface area contributed by atoms with Gasteiger partial charge in [-0.05, 0) is 30.0 Å². The molecule has 6 heteroatoms. The first-order chi connectivity index (χ1) is 15.3. The van der Waals surface area contributed by atoms with E-state index in [1.165, 1.54) is 16.7 Å². The molecule has 0 aliphatic carbocycles. The second kappa shape index (κ2) is 12.4. The fourth-order valence-corrected chi connectivity index (χ4v) is 3.96. The topological polar surface area (TPSA) is 45.5 Å². The molecule has 0 fully saturated rings. The van der Waals surface area contributed by atoms with Crippen LogP contribution in [0.4, 0.5) is 0 Å². The average Bonchev–Trinajstić information content (AvgIpc) is 3.26. The van der Waals surface area contributed by atoms with E-state index in [1.54, 1.807) is 0 Å². The van der Waals surface area contributed by atoms with Gasteiger partial charge < -0.3 is 14.8 Å². The van der Waals surface area contributed by atoms with Crippen LogP contribution in [0.5, 0.6) is 0 Å². The first-order valence-corrected chi connectivity index (χ1v) is 11.1. The smallest absolute Gasteiger partial charge is 0.194 e. The molecule has 1 N–H and O–H groups in total. The second-order valence-corrected chi connectivity index (χ2v) is 7.73. The lowest BCUT2D eigenvalue weighted by Crippen LogP contribution is -2.43. The maximum Gasteiger partial charge on any atom is 0.194 e. The summed E-state index contributed by atoms with van der Waals surface area (Å²) in [7, 11) is 0. The van der Waals surface area contributed by atoms with Gasteiger partial charge in [-0.3, -0.25) is 4.99 Å². The molecule has 1 aliphatic heterocycles. The summed E-state index contributed by atoms with van der Waals surface area (Å²) in [5, 5.41) is 3.46. The minimum Gasteiger partial charge on any atom is -0.357 e. The molecule has 4 rings (SSSR count). The van der Waals surface area contributed by atoms with Gasteiger partial charge in [0.2, 0.25) is 0 Å². The third-order valence-electron chi connectivity index (χ3n) is 5.58. The maximum absolute atomic E-state index is 4.91. The largest absolute Gasteiger partial charge is 0.357 e. The summed E-state index contributed by atoms with van der Waals surface area (Å²) in [5.74, 6) is 2.07. The third kappa shape index (κ3) is 6.45. The average molecular weight is 541 g/mol. The van der Waals surface area contributed by atoms with Gasteiger partial charge in [0, 0.05) is 51.5 Å². The number of rotatable bonds is 7. The van der Waals surface area contributed by atoms with Crippen molar-refractivity contribution >= 4 is 35.5 Å². The molecule has 0 spiro atoms. The van der Waals surface area contributed by atoms with Crippen molar-refractivity contribution in [3.8, 4) is 0 Å². The highest BCUT2D eigenvalue weighted by Gasteiger charge is 2.16. The molecule has 5 nitrogen and oxygen atoms in total. The summed E-state index contributed by atoms with van der Waals surface area (Å²) >= 11 is 0. The Morgan fingerprint density at radius 3 is 2.50 bits per heavy atom. The highest BCUT2D eigenvalue weighted by atomic mass is 127. The summed E-state index contributed by atoms with van der Waals surface area (Å²) in [6, 6.07) is 21.2. The molecular formula is C26H32IN5. The lowest BCUT2D eigenvalue weighted by Gasteiger charge is -2.30. The van der Waals surface area contributed by atoms with Gasteiger partial charge in [-0.25, -0.2) is 4.98 Å². The molecule has 0 bridgehead atoms. The van der Waals surface area contributed by atoms with Gasteiger partial charge >= 0.3 is 0 Å². The van der Waals surface area contributed by atoms with Crippen molar-refractivity contribution in [3.63, 3.8) is 0 Å². The van der Waals surface area contributed by atoms with Crippen molar-refractivity contribution in [2.75, 3.05) is 26.2 Å². The van der Waals surface area contributed by atoms with E-state index in [0.29, 0.717) is 0 Å². The van der Waals surface area contributed by atoms with Crippen LogP contribution in [0.2, 0.25) is 0 Å². The van der Waals surface area contributed by atoms with Crippen LogP contribution in [-0.4, -0.2) is 46.6 Å². The van der Waals surface area contributed by atoms with E-state index in [1.807, 2.05) is 12.3 Å². The monoisotopic (exact) mass is 541 g/mol. The van der Waals surface area contributed by atoms with Crippen molar-refractivity contribution in [2.24, 2.45) is 4.99 Å². The van der Waals surface area contributed by atoms with Crippen LogP contribution in [0.15, 0.2) is 84.1 Å². The zero-order valence-electron chi connectivity index (χ0n) is 18.7. The number of hydrogen-bond donors (Lipinski definition) is 1. The number of halogens is 1. The lowest BCUT2D eigenvalue weighted by atomic mass is 10.00. The number of nitrogens with zero attached hydrogens (tertiary/aromatic N) is 4. The van der Waals surface area contributed by atoms with Gasteiger partial charge in [-0.15, -0.1) is 24.0 Å². The molecule has 2 heterocycles. The summed E-state index contributed by atoms with van der Waals surface area (Å²) < 4.78 is 2.22. The SMILES string of the molecule is CCNC(=NCCc1nccn1Cc1ccccc1)N1CC=C(c2ccccc2)CC1.I. The highest BCUT2D eigenvalue weighted by Crippen LogP contribution is 2.22. The number of aliphatic imine (C=N–C) groups is 1. The van der Waals surface area contributed by atoms with Gasteiger partial charge in [-0.1, -0.05) is 66.7 Å². The fourth-order valence-electron chi connectivity index (χ4n) is 3.96. The third-order valence-corrected chi connectivity index (χ3v) is 5.58. The van der Waals surface area contributed by atoms with E-state index in [9.17, 15) is 0 Å². The summed E-state index contributed by atoms with van der Waals surface area (Å²) in [6.45, 7) is 6.43. The molecule has 168 valence electrons. The van der Waals surface area contributed by atoms with Crippen molar-refractivity contribution in [2.45, 2.75) is 26.3 Å². The number of benzene rings is 2. The Hall–Kier alpha value is -2.61. The van der Waals surface area contributed by atoms with E-state index in [0.717, 1.165) is 57.3 Å². The minimum atomic E-state index is 0. The molecule has 0 saturated heterocycles. The quantitative estimate of drug-likeness (QED) is 0.265. The van der Waals surface area contributed by atoms with Crippen LogP contribution in [0.25, 0.3) is 5.57 Å².